The number of phenols is 1. The second-order valence-electron chi connectivity index (χ2n) is 7.06. The second kappa shape index (κ2) is 9.13. The van der Waals surface area contributed by atoms with E-state index in [0.717, 1.165) is 36.9 Å². The number of rotatable bonds is 6. The molecule has 0 bridgehead atoms. The van der Waals surface area contributed by atoms with E-state index in [1.54, 1.807) is 24.3 Å². The molecule has 1 N–H and O–H groups in total. The number of phenolic OH excluding ortho intramolecular Hbond substituents is 1. The quantitative estimate of drug-likeness (QED) is 0.473. The third-order valence-corrected chi connectivity index (χ3v) is 5.85. The van der Waals surface area contributed by atoms with Crippen molar-refractivity contribution in [2.24, 2.45) is 0 Å². The minimum atomic E-state index is -0.212. The second-order valence-corrected chi connectivity index (χ2v) is 8.01. The average molecular weight is 410 g/mol. The molecular weight excluding hydrogens is 386 g/mol. The number of nitrogens with zero attached hydrogens (tertiary/aromatic N) is 3. The van der Waals surface area contributed by atoms with Crippen LogP contribution in [-0.4, -0.2) is 37.7 Å². The summed E-state index contributed by atoms with van der Waals surface area (Å²) < 4.78 is 7.54. The first-order valence-corrected chi connectivity index (χ1v) is 10.8. The number of hydrogen-bond acceptors (Lipinski definition) is 6. The van der Waals surface area contributed by atoms with Crippen molar-refractivity contribution >= 4 is 17.7 Å². The van der Waals surface area contributed by atoms with E-state index in [4.69, 9.17) is 4.74 Å². The van der Waals surface area contributed by atoms with Gasteiger partial charge in [0.1, 0.15) is 11.9 Å². The average Bonchev–Trinajstić information content (AvgIpc) is 3.18. The predicted octanol–water partition coefficient (Wildman–Crippen LogP) is 4.61. The molecule has 7 heteroatoms. The van der Waals surface area contributed by atoms with Crippen molar-refractivity contribution in [1.82, 2.24) is 14.8 Å². The van der Waals surface area contributed by atoms with Crippen LogP contribution in [0, 0.1) is 0 Å². The topological polar surface area (TPSA) is 77.2 Å². The molecule has 29 heavy (non-hydrogen) atoms. The molecule has 0 saturated heterocycles. The number of esters is 1. The largest absolute Gasteiger partial charge is 0.508 e. The Balaban J connectivity index is 1.55. The number of thioether (sulfide) groups is 1. The minimum Gasteiger partial charge on any atom is -0.508 e. The predicted molar refractivity (Wildman–Crippen MR) is 112 cm³/mol. The molecule has 0 atom stereocenters. The van der Waals surface area contributed by atoms with Crippen LogP contribution in [0.1, 0.15) is 32.1 Å². The van der Waals surface area contributed by atoms with Gasteiger partial charge in [0.05, 0.1) is 5.75 Å². The summed E-state index contributed by atoms with van der Waals surface area (Å²) in [6.45, 7) is 0. The molecule has 6 nitrogen and oxygen atoms in total. The van der Waals surface area contributed by atoms with Gasteiger partial charge in [-0.2, -0.15) is 0 Å². The molecule has 0 aliphatic heterocycles. The van der Waals surface area contributed by atoms with Crippen LogP contribution in [0.25, 0.3) is 17.1 Å². The van der Waals surface area contributed by atoms with Gasteiger partial charge in [-0.05, 0) is 62.1 Å². The third kappa shape index (κ3) is 4.79. The van der Waals surface area contributed by atoms with Crippen molar-refractivity contribution in [2.45, 2.75) is 43.4 Å². The van der Waals surface area contributed by atoms with Gasteiger partial charge in [-0.3, -0.25) is 9.36 Å². The Morgan fingerprint density at radius 2 is 1.76 bits per heavy atom. The zero-order valence-corrected chi connectivity index (χ0v) is 16.8. The van der Waals surface area contributed by atoms with Crippen LogP contribution in [0.5, 0.6) is 5.75 Å². The minimum absolute atomic E-state index is 0.0522. The number of hydrogen-bond donors (Lipinski definition) is 1. The summed E-state index contributed by atoms with van der Waals surface area (Å²) in [6.07, 6.45) is 5.45. The van der Waals surface area contributed by atoms with E-state index in [0.29, 0.717) is 11.0 Å². The molecule has 4 rings (SSSR count). The first-order valence-electron chi connectivity index (χ1n) is 9.83. The van der Waals surface area contributed by atoms with Crippen LogP contribution < -0.4 is 0 Å². The molecule has 1 heterocycles. The Morgan fingerprint density at radius 1 is 1.03 bits per heavy atom. The lowest BCUT2D eigenvalue weighted by Crippen LogP contribution is -2.22. The van der Waals surface area contributed by atoms with Crippen molar-refractivity contribution in [3.63, 3.8) is 0 Å². The molecule has 1 aliphatic rings. The fourth-order valence-electron chi connectivity index (χ4n) is 3.50. The molecule has 0 unspecified atom stereocenters. The van der Waals surface area contributed by atoms with Gasteiger partial charge in [0, 0.05) is 11.3 Å². The van der Waals surface area contributed by atoms with Crippen molar-refractivity contribution in [3.05, 3.63) is 54.6 Å². The maximum atomic E-state index is 12.3. The lowest BCUT2D eigenvalue weighted by atomic mass is 9.98. The highest BCUT2D eigenvalue weighted by Crippen LogP contribution is 2.29. The Hall–Kier alpha value is -2.80. The van der Waals surface area contributed by atoms with Crippen LogP contribution in [0.15, 0.2) is 59.8 Å². The molecule has 2 aromatic carbocycles. The summed E-state index contributed by atoms with van der Waals surface area (Å²) in [5.74, 6) is 0.825. The van der Waals surface area contributed by atoms with E-state index < -0.39 is 0 Å². The van der Waals surface area contributed by atoms with Crippen LogP contribution in [-0.2, 0) is 9.53 Å². The molecule has 1 fully saturated rings. The maximum absolute atomic E-state index is 12.3. The number of carbonyl (C=O) groups excluding carboxylic acids is 1. The van der Waals surface area contributed by atoms with Crippen molar-refractivity contribution in [3.8, 4) is 22.8 Å². The number of ether oxygens (including phenoxy) is 1. The van der Waals surface area contributed by atoms with E-state index in [2.05, 4.69) is 10.2 Å². The Labute approximate surface area is 173 Å². The fourth-order valence-corrected chi connectivity index (χ4v) is 4.23. The summed E-state index contributed by atoms with van der Waals surface area (Å²) in [4.78, 5) is 12.3. The standard InChI is InChI=1S/C22H23N3O3S/c26-18-13-11-16(12-14-18)21-23-24-22(25(21)17-7-3-1-4-8-17)29-15-20(27)28-19-9-5-2-6-10-19/h1,3-4,7-8,11-14,19,26H,2,5-6,9-10,15H2. The summed E-state index contributed by atoms with van der Waals surface area (Å²) in [6, 6.07) is 16.6. The molecule has 150 valence electrons. The Kier molecular flexibility index (Phi) is 6.14. The van der Waals surface area contributed by atoms with Gasteiger partial charge in [-0.25, -0.2) is 0 Å². The highest BCUT2D eigenvalue weighted by atomic mass is 32.2. The fraction of sp³-hybridized carbons (Fsp3) is 0.318. The number of carbonyl (C=O) groups is 1. The highest BCUT2D eigenvalue weighted by Gasteiger charge is 2.20. The monoisotopic (exact) mass is 409 g/mol. The van der Waals surface area contributed by atoms with Gasteiger partial charge in [0.2, 0.25) is 0 Å². The summed E-state index contributed by atoms with van der Waals surface area (Å²) in [5, 5.41) is 18.9. The smallest absolute Gasteiger partial charge is 0.316 e. The molecule has 0 radical (unpaired) electrons. The number of benzene rings is 2. The van der Waals surface area contributed by atoms with Crippen molar-refractivity contribution in [2.75, 3.05) is 5.75 Å². The SMILES string of the molecule is O=C(CSc1nnc(-c2ccc(O)cc2)n1-c1ccccc1)OC1CCCCC1. The van der Waals surface area contributed by atoms with Crippen molar-refractivity contribution in [1.29, 1.82) is 0 Å². The van der Waals surface area contributed by atoms with E-state index in [9.17, 15) is 9.90 Å². The van der Waals surface area contributed by atoms with E-state index in [-0.39, 0.29) is 23.6 Å². The lowest BCUT2D eigenvalue weighted by molar-refractivity contribution is -0.147. The van der Waals surface area contributed by atoms with Gasteiger partial charge in [-0.1, -0.05) is 36.4 Å². The summed E-state index contributed by atoms with van der Waals surface area (Å²) in [5.41, 5.74) is 1.74. The number of aromatic hydroxyl groups is 1. The maximum Gasteiger partial charge on any atom is 0.316 e. The molecule has 0 amide bonds. The third-order valence-electron chi connectivity index (χ3n) is 4.94. The molecule has 1 aromatic heterocycles. The van der Waals surface area contributed by atoms with Crippen LogP contribution in [0.2, 0.25) is 0 Å². The van der Waals surface area contributed by atoms with E-state index >= 15 is 0 Å². The lowest BCUT2D eigenvalue weighted by Gasteiger charge is -2.21. The van der Waals surface area contributed by atoms with Gasteiger partial charge in [0.25, 0.3) is 0 Å². The van der Waals surface area contributed by atoms with Gasteiger partial charge in [-0.15, -0.1) is 10.2 Å². The van der Waals surface area contributed by atoms with Crippen LogP contribution in [0.3, 0.4) is 0 Å². The highest BCUT2D eigenvalue weighted by molar-refractivity contribution is 7.99. The van der Waals surface area contributed by atoms with E-state index in [1.165, 1.54) is 18.2 Å². The van der Waals surface area contributed by atoms with Crippen LogP contribution in [0.4, 0.5) is 0 Å². The molecule has 1 saturated carbocycles. The first kappa shape index (κ1) is 19.5. The van der Waals surface area contributed by atoms with Crippen molar-refractivity contribution < 1.29 is 14.6 Å². The number of aromatic nitrogens is 3. The van der Waals surface area contributed by atoms with Crippen LogP contribution >= 0.6 is 11.8 Å². The van der Waals surface area contributed by atoms with E-state index in [1.807, 2.05) is 34.9 Å². The summed E-state index contributed by atoms with van der Waals surface area (Å²) in [7, 11) is 0. The van der Waals surface area contributed by atoms with Gasteiger partial charge in [0.15, 0.2) is 11.0 Å². The van der Waals surface area contributed by atoms with Gasteiger partial charge < -0.3 is 9.84 Å². The zero-order chi connectivity index (χ0) is 20.1. The number of para-hydroxylation sites is 1. The Morgan fingerprint density at radius 3 is 2.48 bits per heavy atom. The summed E-state index contributed by atoms with van der Waals surface area (Å²) >= 11 is 1.32. The molecular formula is C22H23N3O3S. The molecule has 3 aromatic rings. The molecule has 0 spiro atoms. The molecule has 1 aliphatic carbocycles. The van der Waals surface area contributed by atoms with Gasteiger partial charge >= 0.3 is 5.97 Å². The first-order chi connectivity index (χ1) is 14.2. The zero-order valence-electron chi connectivity index (χ0n) is 16.0. The normalized spacial score (nSPS) is 14.6. The Bertz CT molecular complexity index is 951.